The predicted octanol–water partition coefficient (Wildman–Crippen LogP) is 4.90. The standard InChI is InChI=1S/C20H24N2O/c1-15-13-17(10-11-20(23)18-7-6-12-21-14-18)16(2)22(15)19-8-4-3-5-9-19/h6-7,10-14,19H,3-5,8-9H2,1-2H3/b11-10+. The van der Waals surface area contributed by atoms with E-state index in [1.54, 1.807) is 30.6 Å². The van der Waals surface area contributed by atoms with Gasteiger partial charge in [0.1, 0.15) is 0 Å². The van der Waals surface area contributed by atoms with Gasteiger partial charge in [-0.15, -0.1) is 0 Å². The van der Waals surface area contributed by atoms with Crippen LogP contribution in [0.1, 0.15) is 65.5 Å². The summed E-state index contributed by atoms with van der Waals surface area (Å²) in [6.45, 7) is 4.33. The van der Waals surface area contributed by atoms with Gasteiger partial charge in [-0.05, 0) is 62.6 Å². The Hall–Kier alpha value is -2.16. The zero-order valence-corrected chi connectivity index (χ0v) is 14.0. The van der Waals surface area contributed by atoms with E-state index in [1.807, 2.05) is 6.08 Å². The second kappa shape index (κ2) is 6.95. The molecule has 0 unspecified atom stereocenters. The van der Waals surface area contributed by atoms with E-state index in [1.165, 1.54) is 43.5 Å². The molecule has 120 valence electrons. The first kappa shape index (κ1) is 15.7. The topological polar surface area (TPSA) is 34.9 Å². The zero-order valence-electron chi connectivity index (χ0n) is 14.0. The molecule has 0 radical (unpaired) electrons. The fourth-order valence-corrected chi connectivity index (χ4v) is 3.64. The normalized spacial score (nSPS) is 16.1. The van der Waals surface area contributed by atoms with Gasteiger partial charge in [-0.1, -0.05) is 19.3 Å². The largest absolute Gasteiger partial charge is 0.346 e. The minimum Gasteiger partial charge on any atom is -0.346 e. The number of nitrogens with zero attached hydrogens (tertiary/aromatic N) is 2. The Morgan fingerprint density at radius 1 is 1.26 bits per heavy atom. The van der Waals surface area contributed by atoms with Crippen molar-refractivity contribution in [2.24, 2.45) is 0 Å². The number of hydrogen-bond acceptors (Lipinski definition) is 2. The Kier molecular flexibility index (Phi) is 4.75. The first-order valence-electron chi connectivity index (χ1n) is 8.47. The maximum atomic E-state index is 12.2. The Labute approximate surface area is 138 Å². The van der Waals surface area contributed by atoms with Crippen molar-refractivity contribution in [3.8, 4) is 0 Å². The average molecular weight is 308 g/mol. The molecule has 2 aromatic rings. The highest BCUT2D eigenvalue weighted by atomic mass is 16.1. The molecule has 0 spiro atoms. The van der Waals surface area contributed by atoms with E-state index < -0.39 is 0 Å². The summed E-state index contributed by atoms with van der Waals surface area (Å²) in [6.07, 6.45) is 13.4. The Morgan fingerprint density at radius 2 is 2.04 bits per heavy atom. The maximum Gasteiger partial charge on any atom is 0.187 e. The maximum absolute atomic E-state index is 12.2. The van der Waals surface area contributed by atoms with E-state index in [9.17, 15) is 4.79 Å². The van der Waals surface area contributed by atoms with E-state index in [2.05, 4.69) is 29.5 Å². The Bertz CT molecular complexity index is 707. The van der Waals surface area contributed by atoms with Crippen LogP contribution in [0.2, 0.25) is 0 Å². The molecule has 1 aliphatic carbocycles. The van der Waals surface area contributed by atoms with Gasteiger partial charge in [-0.3, -0.25) is 9.78 Å². The van der Waals surface area contributed by atoms with Crippen molar-refractivity contribution in [1.29, 1.82) is 0 Å². The van der Waals surface area contributed by atoms with Gasteiger partial charge in [0, 0.05) is 35.4 Å². The second-order valence-electron chi connectivity index (χ2n) is 6.43. The van der Waals surface area contributed by atoms with Crippen LogP contribution in [0.3, 0.4) is 0 Å². The molecule has 2 aromatic heterocycles. The molecule has 0 amide bonds. The van der Waals surface area contributed by atoms with Crippen molar-refractivity contribution in [3.05, 3.63) is 59.2 Å². The smallest absolute Gasteiger partial charge is 0.187 e. The lowest BCUT2D eigenvalue weighted by Gasteiger charge is -2.26. The SMILES string of the molecule is Cc1cc(/C=C/C(=O)c2cccnc2)c(C)n1C1CCCCC1. The fraction of sp³-hybridized carbons (Fsp3) is 0.400. The summed E-state index contributed by atoms with van der Waals surface area (Å²) in [5.74, 6) is 0.000527. The lowest BCUT2D eigenvalue weighted by atomic mass is 9.95. The van der Waals surface area contributed by atoms with Crippen molar-refractivity contribution in [2.45, 2.75) is 52.0 Å². The predicted molar refractivity (Wildman–Crippen MR) is 93.6 cm³/mol. The lowest BCUT2D eigenvalue weighted by Crippen LogP contribution is -2.15. The molecular formula is C20H24N2O. The summed E-state index contributed by atoms with van der Waals surface area (Å²) in [7, 11) is 0. The van der Waals surface area contributed by atoms with Gasteiger partial charge in [0.05, 0.1) is 0 Å². The average Bonchev–Trinajstić information content (AvgIpc) is 2.88. The molecule has 0 N–H and O–H groups in total. The number of rotatable bonds is 4. The fourth-order valence-electron chi connectivity index (χ4n) is 3.64. The van der Waals surface area contributed by atoms with Crippen molar-refractivity contribution in [3.63, 3.8) is 0 Å². The van der Waals surface area contributed by atoms with Gasteiger partial charge in [0.25, 0.3) is 0 Å². The molecule has 1 saturated carbocycles. The van der Waals surface area contributed by atoms with E-state index in [0.717, 1.165) is 5.56 Å². The lowest BCUT2D eigenvalue weighted by molar-refractivity contribution is 0.104. The molecule has 0 bridgehead atoms. The Morgan fingerprint density at radius 3 is 2.74 bits per heavy atom. The number of allylic oxidation sites excluding steroid dienone is 1. The van der Waals surface area contributed by atoms with E-state index in [-0.39, 0.29) is 5.78 Å². The molecule has 0 aromatic carbocycles. The monoisotopic (exact) mass is 308 g/mol. The van der Waals surface area contributed by atoms with Crippen molar-refractivity contribution in [2.75, 3.05) is 0 Å². The van der Waals surface area contributed by atoms with Crippen LogP contribution in [0, 0.1) is 13.8 Å². The van der Waals surface area contributed by atoms with Gasteiger partial charge in [-0.2, -0.15) is 0 Å². The van der Waals surface area contributed by atoms with Crippen LogP contribution < -0.4 is 0 Å². The van der Waals surface area contributed by atoms with Gasteiger partial charge in [-0.25, -0.2) is 0 Å². The van der Waals surface area contributed by atoms with Gasteiger partial charge < -0.3 is 4.57 Å². The van der Waals surface area contributed by atoms with Crippen LogP contribution in [0.4, 0.5) is 0 Å². The van der Waals surface area contributed by atoms with Gasteiger partial charge in [0.2, 0.25) is 0 Å². The summed E-state index contributed by atoms with van der Waals surface area (Å²) >= 11 is 0. The third kappa shape index (κ3) is 3.44. The van der Waals surface area contributed by atoms with E-state index in [0.29, 0.717) is 11.6 Å². The molecular weight excluding hydrogens is 284 g/mol. The molecule has 3 rings (SSSR count). The van der Waals surface area contributed by atoms with Crippen LogP contribution >= 0.6 is 0 Å². The number of ketones is 1. The number of pyridine rings is 1. The van der Waals surface area contributed by atoms with Crippen LogP contribution in [-0.4, -0.2) is 15.3 Å². The molecule has 0 aliphatic heterocycles. The molecule has 23 heavy (non-hydrogen) atoms. The van der Waals surface area contributed by atoms with Crippen LogP contribution in [0.15, 0.2) is 36.7 Å². The number of aryl methyl sites for hydroxylation is 1. The number of carbonyl (C=O) groups excluding carboxylic acids is 1. The Balaban J connectivity index is 1.81. The first-order chi connectivity index (χ1) is 11.2. The van der Waals surface area contributed by atoms with Crippen LogP contribution in [0.5, 0.6) is 0 Å². The third-order valence-corrected chi connectivity index (χ3v) is 4.82. The number of carbonyl (C=O) groups is 1. The van der Waals surface area contributed by atoms with Crippen molar-refractivity contribution >= 4 is 11.9 Å². The summed E-state index contributed by atoms with van der Waals surface area (Å²) in [6, 6.07) is 6.40. The highest BCUT2D eigenvalue weighted by Gasteiger charge is 2.19. The molecule has 1 fully saturated rings. The summed E-state index contributed by atoms with van der Waals surface area (Å²) < 4.78 is 2.47. The molecule has 0 saturated heterocycles. The van der Waals surface area contributed by atoms with Gasteiger partial charge >= 0.3 is 0 Å². The molecule has 1 aliphatic rings. The molecule has 0 atom stereocenters. The third-order valence-electron chi connectivity index (χ3n) is 4.82. The summed E-state index contributed by atoms with van der Waals surface area (Å²) in [5, 5.41) is 0. The molecule has 3 heteroatoms. The van der Waals surface area contributed by atoms with E-state index in [4.69, 9.17) is 0 Å². The minimum absolute atomic E-state index is 0.000527. The van der Waals surface area contributed by atoms with E-state index >= 15 is 0 Å². The number of aromatic nitrogens is 2. The van der Waals surface area contributed by atoms with Crippen LogP contribution in [0.25, 0.3) is 6.08 Å². The second-order valence-corrected chi connectivity index (χ2v) is 6.43. The van der Waals surface area contributed by atoms with Crippen molar-refractivity contribution in [1.82, 2.24) is 9.55 Å². The highest BCUT2D eigenvalue weighted by molar-refractivity contribution is 6.06. The highest BCUT2D eigenvalue weighted by Crippen LogP contribution is 2.32. The van der Waals surface area contributed by atoms with Crippen LogP contribution in [-0.2, 0) is 0 Å². The summed E-state index contributed by atoms with van der Waals surface area (Å²) in [5.41, 5.74) is 4.34. The molecule has 2 heterocycles. The minimum atomic E-state index is 0.000527. The number of hydrogen-bond donors (Lipinski definition) is 0. The zero-order chi connectivity index (χ0) is 16.2. The first-order valence-corrected chi connectivity index (χ1v) is 8.47. The quantitative estimate of drug-likeness (QED) is 0.594. The van der Waals surface area contributed by atoms with Gasteiger partial charge in [0.15, 0.2) is 5.78 Å². The van der Waals surface area contributed by atoms with Crippen molar-refractivity contribution < 1.29 is 4.79 Å². The summed E-state index contributed by atoms with van der Waals surface area (Å²) in [4.78, 5) is 16.2. The molecule has 3 nitrogen and oxygen atoms in total.